The Hall–Kier alpha value is -2.16. The van der Waals surface area contributed by atoms with Gasteiger partial charge in [0.2, 0.25) is 0 Å². The molecular formula is C18H19FO2. The first-order valence-electron chi connectivity index (χ1n) is 7.03. The van der Waals surface area contributed by atoms with Crippen molar-refractivity contribution >= 4 is 5.97 Å². The summed E-state index contributed by atoms with van der Waals surface area (Å²) in [5, 5.41) is 9.81. The fourth-order valence-corrected chi connectivity index (χ4v) is 2.72. The molecule has 2 rings (SSSR count). The summed E-state index contributed by atoms with van der Waals surface area (Å²) in [6.07, 6.45) is 0.831. The Morgan fingerprint density at radius 1 is 1.19 bits per heavy atom. The van der Waals surface area contributed by atoms with Crippen molar-refractivity contribution in [3.63, 3.8) is 0 Å². The van der Waals surface area contributed by atoms with Crippen molar-refractivity contribution in [2.45, 2.75) is 32.1 Å². The van der Waals surface area contributed by atoms with E-state index >= 15 is 0 Å². The molecule has 2 aromatic carbocycles. The monoisotopic (exact) mass is 286 g/mol. The van der Waals surface area contributed by atoms with E-state index in [-0.39, 0.29) is 5.82 Å². The molecule has 0 aliphatic carbocycles. The number of hydrogen-bond donors (Lipinski definition) is 1. The van der Waals surface area contributed by atoms with Gasteiger partial charge in [-0.25, -0.2) is 4.39 Å². The second-order valence-corrected chi connectivity index (χ2v) is 5.35. The molecule has 110 valence electrons. The summed E-state index contributed by atoms with van der Waals surface area (Å²) in [6.45, 7) is 3.69. The van der Waals surface area contributed by atoms with Gasteiger partial charge in [0.15, 0.2) is 0 Å². The number of rotatable bonds is 5. The maximum Gasteiger partial charge on any atom is 0.314 e. The summed E-state index contributed by atoms with van der Waals surface area (Å²) in [4.78, 5) is 12.0. The number of carbonyl (C=O) groups is 1. The summed E-state index contributed by atoms with van der Waals surface area (Å²) in [5.41, 5.74) is 1.45. The van der Waals surface area contributed by atoms with Crippen LogP contribution in [0.1, 0.15) is 30.0 Å². The van der Waals surface area contributed by atoms with Crippen molar-refractivity contribution < 1.29 is 14.3 Å². The minimum Gasteiger partial charge on any atom is -0.481 e. The molecule has 0 amide bonds. The van der Waals surface area contributed by atoms with E-state index in [1.165, 1.54) is 12.1 Å². The highest BCUT2D eigenvalue weighted by molar-refractivity contribution is 5.82. The average Bonchev–Trinajstić information content (AvgIpc) is 2.47. The molecule has 0 aliphatic rings. The van der Waals surface area contributed by atoms with Crippen LogP contribution < -0.4 is 0 Å². The van der Waals surface area contributed by atoms with Crippen LogP contribution in [-0.4, -0.2) is 11.1 Å². The second kappa shape index (κ2) is 6.08. The molecule has 3 heteroatoms. The van der Waals surface area contributed by atoms with Crippen LogP contribution in [0, 0.1) is 12.7 Å². The molecular weight excluding hydrogens is 267 g/mol. The highest BCUT2D eigenvalue weighted by Crippen LogP contribution is 2.33. The van der Waals surface area contributed by atoms with Crippen molar-refractivity contribution in [2.24, 2.45) is 0 Å². The van der Waals surface area contributed by atoms with Gasteiger partial charge in [0, 0.05) is 0 Å². The summed E-state index contributed by atoms with van der Waals surface area (Å²) >= 11 is 0. The van der Waals surface area contributed by atoms with Crippen LogP contribution in [0.15, 0.2) is 48.5 Å². The van der Waals surface area contributed by atoms with Gasteiger partial charge < -0.3 is 5.11 Å². The van der Waals surface area contributed by atoms with Crippen LogP contribution in [0.3, 0.4) is 0 Å². The number of aliphatic carboxylic acids is 1. The molecule has 1 unspecified atom stereocenters. The van der Waals surface area contributed by atoms with Crippen molar-refractivity contribution in [1.82, 2.24) is 0 Å². The van der Waals surface area contributed by atoms with E-state index < -0.39 is 11.4 Å². The first kappa shape index (κ1) is 15.2. The van der Waals surface area contributed by atoms with Crippen LogP contribution in [0.4, 0.5) is 4.39 Å². The zero-order valence-corrected chi connectivity index (χ0v) is 12.3. The highest BCUT2D eigenvalue weighted by atomic mass is 19.1. The molecule has 0 bridgehead atoms. The number of carboxylic acid groups (broad SMARTS) is 1. The molecule has 0 heterocycles. The quantitative estimate of drug-likeness (QED) is 0.898. The summed E-state index contributed by atoms with van der Waals surface area (Å²) in [5.74, 6) is -1.15. The van der Waals surface area contributed by atoms with Gasteiger partial charge in [-0.1, -0.05) is 43.3 Å². The largest absolute Gasteiger partial charge is 0.481 e. The molecule has 1 N–H and O–H groups in total. The van der Waals surface area contributed by atoms with Gasteiger partial charge in [-0.3, -0.25) is 4.79 Å². The molecule has 2 aromatic rings. The van der Waals surface area contributed by atoms with E-state index in [1.54, 1.807) is 6.07 Å². The molecule has 0 spiro atoms. The van der Waals surface area contributed by atoms with E-state index in [0.717, 1.165) is 16.7 Å². The second-order valence-electron chi connectivity index (χ2n) is 5.35. The zero-order chi connectivity index (χ0) is 15.5. The molecule has 0 aliphatic heterocycles. The number of benzene rings is 2. The first-order valence-corrected chi connectivity index (χ1v) is 7.03. The standard InChI is InChI=1S/C18H19FO2/c1-3-18(17(20)21,15-7-5-4-6-8-15)12-14-9-10-16(19)11-13(14)2/h4-11H,3,12H2,1-2H3,(H,20,21). The lowest BCUT2D eigenvalue weighted by Gasteiger charge is -2.29. The number of halogens is 1. The maximum atomic E-state index is 13.2. The zero-order valence-electron chi connectivity index (χ0n) is 12.3. The SMILES string of the molecule is CCC(Cc1ccc(F)cc1C)(C(=O)O)c1ccccc1. The van der Waals surface area contributed by atoms with Crippen LogP contribution in [0.5, 0.6) is 0 Å². The lowest BCUT2D eigenvalue weighted by Crippen LogP contribution is -2.37. The molecule has 2 nitrogen and oxygen atoms in total. The predicted molar refractivity (Wildman–Crippen MR) is 80.9 cm³/mol. The van der Waals surface area contributed by atoms with Gasteiger partial charge in [-0.05, 0) is 48.6 Å². The fourth-order valence-electron chi connectivity index (χ4n) is 2.72. The van der Waals surface area contributed by atoms with Gasteiger partial charge in [0.1, 0.15) is 5.82 Å². The van der Waals surface area contributed by atoms with E-state index in [9.17, 15) is 14.3 Å². The topological polar surface area (TPSA) is 37.3 Å². The van der Waals surface area contributed by atoms with Crippen molar-refractivity contribution in [3.05, 3.63) is 71.0 Å². The number of aryl methyl sites for hydroxylation is 1. The Morgan fingerprint density at radius 3 is 2.38 bits per heavy atom. The first-order chi connectivity index (χ1) is 9.99. The summed E-state index contributed by atoms with van der Waals surface area (Å²) < 4.78 is 13.2. The Labute approximate surface area is 124 Å². The molecule has 0 saturated carbocycles. The number of hydrogen-bond acceptors (Lipinski definition) is 1. The Morgan fingerprint density at radius 2 is 1.86 bits per heavy atom. The predicted octanol–water partition coefficient (Wildman–Crippen LogP) is 4.11. The summed E-state index contributed by atoms with van der Waals surface area (Å²) in [7, 11) is 0. The van der Waals surface area contributed by atoms with E-state index in [2.05, 4.69) is 0 Å². The maximum absolute atomic E-state index is 13.2. The van der Waals surface area contributed by atoms with Crippen LogP contribution >= 0.6 is 0 Å². The third kappa shape index (κ3) is 2.97. The lowest BCUT2D eigenvalue weighted by atomic mass is 9.73. The van der Waals surface area contributed by atoms with Gasteiger partial charge in [-0.15, -0.1) is 0 Å². The fraction of sp³-hybridized carbons (Fsp3) is 0.278. The van der Waals surface area contributed by atoms with Crippen LogP contribution in [-0.2, 0) is 16.6 Å². The lowest BCUT2D eigenvalue weighted by molar-refractivity contribution is -0.144. The minimum absolute atomic E-state index is 0.298. The highest BCUT2D eigenvalue weighted by Gasteiger charge is 2.38. The Balaban J connectivity index is 2.49. The summed E-state index contributed by atoms with van der Waals surface area (Å²) in [6, 6.07) is 13.8. The molecule has 0 fully saturated rings. The molecule has 0 aromatic heterocycles. The van der Waals surface area contributed by atoms with Crippen LogP contribution in [0.2, 0.25) is 0 Å². The molecule has 21 heavy (non-hydrogen) atoms. The Kier molecular flexibility index (Phi) is 4.41. The Bertz CT molecular complexity index is 637. The molecule has 0 radical (unpaired) electrons. The smallest absolute Gasteiger partial charge is 0.314 e. The van der Waals surface area contributed by atoms with Gasteiger partial charge in [0.25, 0.3) is 0 Å². The average molecular weight is 286 g/mol. The van der Waals surface area contributed by atoms with Crippen molar-refractivity contribution in [2.75, 3.05) is 0 Å². The normalized spacial score (nSPS) is 13.7. The van der Waals surface area contributed by atoms with Gasteiger partial charge in [-0.2, -0.15) is 0 Å². The number of carboxylic acids is 1. The minimum atomic E-state index is -0.982. The molecule has 0 saturated heterocycles. The van der Waals surface area contributed by atoms with Gasteiger partial charge in [0.05, 0.1) is 5.41 Å². The third-order valence-corrected chi connectivity index (χ3v) is 4.14. The molecule has 1 atom stereocenters. The van der Waals surface area contributed by atoms with E-state index in [1.807, 2.05) is 44.2 Å². The van der Waals surface area contributed by atoms with Crippen molar-refractivity contribution in [1.29, 1.82) is 0 Å². The van der Waals surface area contributed by atoms with E-state index in [4.69, 9.17) is 0 Å². The van der Waals surface area contributed by atoms with E-state index in [0.29, 0.717) is 12.8 Å². The van der Waals surface area contributed by atoms with Gasteiger partial charge >= 0.3 is 5.97 Å². The van der Waals surface area contributed by atoms with Crippen LogP contribution in [0.25, 0.3) is 0 Å². The van der Waals surface area contributed by atoms with Crippen molar-refractivity contribution in [3.8, 4) is 0 Å². The third-order valence-electron chi connectivity index (χ3n) is 4.14.